The molecule has 1 unspecified atom stereocenters. The Hall–Kier alpha value is -0.950. The van der Waals surface area contributed by atoms with Crippen molar-refractivity contribution >= 4 is 11.8 Å². The van der Waals surface area contributed by atoms with E-state index in [9.17, 15) is 0 Å². The van der Waals surface area contributed by atoms with Crippen molar-refractivity contribution in [3.63, 3.8) is 0 Å². The first-order valence-corrected chi connectivity index (χ1v) is 7.45. The maximum absolute atomic E-state index is 5.44. The molecule has 0 spiro atoms. The van der Waals surface area contributed by atoms with E-state index in [1.807, 2.05) is 6.07 Å². The number of hydrogen-bond acceptors (Lipinski definition) is 3. The Bertz CT molecular complexity index is 447. The number of rotatable bonds is 2. The van der Waals surface area contributed by atoms with Crippen molar-refractivity contribution in [1.29, 1.82) is 0 Å². The molecule has 1 aliphatic heterocycles. The van der Waals surface area contributed by atoms with Crippen LogP contribution in [0, 0.1) is 11.8 Å². The Morgan fingerprint density at radius 2 is 2.28 bits per heavy atom. The van der Waals surface area contributed by atoms with Gasteiger partial charge in [-0.2, -0.15) is 11.8 Å². The van der Waals surface area contributed by atoms with Gasteiger partial charge in [0.25, 0.3) is 0 Å². The lowest BCUT2D eigenvalue weighted by Crippen LogP contribution is -2.36. The van der Waals surface area contributed by atoms with E-state index in [1.165, 1.54) is 24.4 Å². The molecule has 2 nitrogen and oxygen atoms in total. The van der Waals surface area contributed by atoms with Crippen LogP contribution in [0.2, 0.25) is 0 Å². The summed E-state index contributed by atoms with van der Waals surface area (Å²) in [6.45, 7) is 6.07. The molecule has 0 amide bonds. The SMILES string of the molecule is CC1CN(Cc2ccccc2C#CCN)CCS1. The molecule has 1 fully saturated rings. The minimum Gasteiger partial charge on any atom is -0.320 e. The number of thioether (sulfide) groups is 1. The highest BCUT2D eigenvalue weighted by molar-refractivity contribution is 7.99. The van der Waals surface area contributed by atoms with Gasteiger partial charge in [-0.1, -0.05) is 37.0 Å². The molecule has 3 heteroatoms. The maximum atomic E-state index is 5.44. The van der Waals surface area contributed by atoms with E-state index >= 15 is 0 Å². The van der Waals surface area contributed by atoms with E-state index in [0.29, 0.717) is 6.54 Å². The zero-order chi connectivity index (χ0) is 12.8. The molecular formula is C15H20N2S. The molecule has 0 aromatic heterocycles. The second-order valence-corrected chi connectivity index (χ2v) is 6.13. The van der Waals surface area contributed by atoms with Gasteiger partial charge >= 0.3 is 0 Å². The van der Waals surface area contributed by atoms with Crippen LogP contribution >= 0.6 is 11.8 Å². The highest BCUT2D eigenvalue weighted by Gasteiger charge is 2.17. The fourth-order valence-electron chi connectivity index (χ4n) is 2.20. The Morgan fingerprint density at radius 3 is 3.06 bits per heavy atom. The van der Waals surface area contributed by atoms with Crippen LogP contribution in [0.4, 0.5) is 0 Å². The van der Waals surface area contributed by atoms with Crippen molar-refractivity contribution < 1.29 is 0 Å². The number of nitrogens with zero attached hydrogens (tertiary/aromatic N) is 1. The summed E-state index contributed by atoms with van der Waals surface area (Å²) in [5.74, 6) is 7.35. The number of benzene rings is 1. The molecule has 0 bridgehead atoms. The van der Waals surface area contributed by atoms with Crippen molar-refractivity contribution in [2.75, 3.05) is 25.4 Å². The Labute approximate surface area is 114 Å². The van der Waals surface area contributed by atoms with Crippen molar-refractivity contribution in [3.05, 3.63) is 35.4 Å². The first-order chi connectivity index (χ1) is 8.79. The smallest absolute Gasteiger partial charge is 0.0555 e. The van der Waals surface area contributed by atoms with Crippen LogP contribution in [0.3, 0.4) is 0 Å². The van der Waals surface area contributed by atoms with Crippen LogP contribution < -0.4 is 5.73 Å². The standard InChI is InChI=1S/C15H20N2S/c1-13-11-17(9-10-18-13)12-15-6-3-2-5-14(15)7-4-8-16/h2-3,5-6,13H,8-12,16H2,1H3. The molecule has 2 rings (SSSR count). The molecule has 96 valence electrons. The summed E-state index contributed by atoms with van der Waals surface area (Å²) in [5.41, 5.74) is 7.88. The summed E-state index contributed by atoms with van der Waals surface area (Å²) in [5, 5.41) is 0.737. The minimum absolute atomic E-state index is 0.422. The van der Waals surface area contributed by atoms with Crippen molar-refractivity contribution in [3.8, 4) is 11.8 Å². The largest absolute Gasteiger partial charge is 0.320 e. The molecule has 1 atom stereocenters. The maximum Gasteiger partial charge on any atom is 0.0555 e. The summed E-state index contributed by atoms with van der Waals surface area (Å²) < 4.78 is 0. The zero-order valence-corrected chi connectivity index (χ0v) is 11.7. The predicted molar refractivity (Wildman–Crippen MR) is 79.6 cm³/mol. The topological polar surface area (TPSA) is 29.3 Å². The number of nitrogens with two attached hydrogens (primary N) is 1. The first kappa shape index (κ1) is 13.5. The lowest BCUT2D eigenvalue weighted by molar-refractivity contribution is 0.278. The van der Waals surface area contributed by atoms with Gasteiger partial charge in [0.15, 0.2) is 0 Å². The molecule has 1 heterocycles. The third-order valence-electron chi connectivity index (χ3n) is 3.06. The summed E-state index contributed by atoms with van der Waals surface area (Å²) in [6, 6.07) is 8.39. The monoisotopic (exact) mass is 260 g/mol. The molecule has 1 aromatic carbocycles. The minimum atomic E-state index is 0.422. The Kier molecular flexibility index (Phi) is 5.12. The van der Waals surface area contributed by atoms with Crippen LogP contribution in [0.15, 0.2) is 24.3 Å². The van der Waals surface area contributed by atoms with E-state index in [2.05, 4.69) is 53.6 Å². The zero-order valence-electron chi connectivity index (χ0n) is 10.9. The van der Waals surface area contributed by atoms with Crippen LogP contribution in [-0.4, -0.2) is 35.5 Å². The van der Waals surface area contributed by atoms with E-state index in [4.69, 9.17) is 5.73 Å². The third-order valence-corrected chi connectivity index (χ3v) is 4.20. The van der Waals surface area contributed by atoms with E-state index < -0.39 is 0 Å². The van der Waals surface area contributed by atoms with Crippen molar-refractivity contribution in [2.24, 2.45) is 5.73 Å². The lowest BCUT2D eigenvalue weighted by atomic mass is 10.1. The third kappa shape index (κ3) is 3.78. The molecule has 0 saturated carbocycles. The second-order valence-electron chi connectivity index (χ2n) is 4.58. The molecule has 0 radical (unpaired) electrons. The van der Waals surface area contributed by atoms with E-state index in [0.717, 1.165) is 17.4 Å². The normalized spacial score (nSPS) is 20.2. The molecule has 1 aromatic rings. The van der Waals surface area contributed by atoms with Gasteiger partial charge in [-0.3, -0.25) is 4.90 Å². The average molecular weight is 260 g/mol. The van der Waals surface area contributed by atoms with Crippen LogP contribution in [-0.2, 0) is 6.54 Å². The van der Waals surface area contributed by atoms with Gasteiger partial charge < -0.3 is 5.73 Å². The molecule has 0 aliphatic carbocycles. The first-order valence-electron chi connectivity index (χ1n) is 6.40. The highest BCUT2D eigenvalue weighted by Crippen LogP contribution is 2.20. The Morgan fingerprint density at radius 1 is 1.44 bits per heavy atom. The van der Waals surface area contributed by atoms with Gasteiger partial charge in [0.05, 0.1) is 6.54 Å². The second kappa shape index (κ2) is 6.84. The van der Waals surface area contributed by atoms with Crippen LogP contribution in [0.1, 0.15) is 18.1 Å². The molecule has 2 N–H and O–H groups in total. The summed E-state index contributed by atoms with van der Waals surface area (Å²) in [4.78, 5) is 2.52. The molecule has 18 heavy (non-hydrogen) atoms. The number of hydrogen-bond donors (Lipinski definition) is 1. The van der Waals surface area contributed by atoms with Crippen molar-refractivity contribution in [1.82, 2.24) is 4.90 Å². The summed E-state index contributed by atoms with van der Waals surface area (Å²) in [6.07, 6.45) is 0. The summed E-state index contributed by atoms with van der Waals surface area (Å²) >= 11 is 2.06. The lowest BCUT2D eigenvalue weighted by Gasteiger charge is -2.30. The fourth-order valence-corrected chi connectivity index (χ4v) is 3.28. The molecule has 1 aliphatic rings. The van der Waals surface area contributed by atoms with Crippen molar-refractivity contribution in [2.45, 2.75) is 18.7 Å². The highest BCUT2D eigenvalue weighted by atomic mass is 32.2. The summed E-state index contributed by atoms with van der Waals surface area (Å²) in [7, 11) is 0. The van der Waals surface area contributed by atoms with Gasteiger partial charge in [0.2, 0.25) is 0 Å². The van der Waals surface area contributed by atoms with E-state index in [-0.39, 0.29) is 0 Å². The fraction of sp³-hybridized carbons (Fsp3) is 0.467. The van der Waals surface area contributed by atoms with E-state index in [1.54, 1.807) is 0 Å². The molecular weight excluding hydrogens is 240 g/mol. The predicted octanol–water partition coefficient (Wildman–Crippen LogP) is 1.93. The van der Waals surface area contributed by atoms with Crippen LogP contribution in [0.25, 0.3) is 0 Å². The van der Waals surface area contributed by atoms with Gasteiger partial charge in [-0.25, -0.2) is 0 Å². The molecule has 1 saturated heterocycles. The van der Waals surface area contributed by atoms with Gasteiger partial charge in [-0.05, 0) is 11.6 Å². The average Bonchev–Trinajstić information content (AvgIpc) is 2.38. The Balaban J connectivity index is 2.08. The quantitative estimate of drug-likeness (QED) is 0.824. The van der Waals surface area contributed by atoms with Gasteiger partial charge in [-0.15, -0.1) is 0 Å². The van der Waals surface area contributed by atoms with Gasteiger partial charge in [0.1, 0.15) is 0 Å². The van der Waals surface area contributed by atoms with Crippen LogP contribution in [0.5, 0.6) is 0 Å². The van der Waals surface area contributed by atoms with Gasteiger partial charge in [0, 0.05) is 36.2 Å².